The predicted octanol–water partition coefficient (Wildman–Crippen LogP) is 3.55. The molecule has 2 fully saturated rings. The highest BCUT2D eigenvalue weighted by atomic mass is 16.6. The molecule has 7 atom stereocenters. The average Bonchev–Trinajstić information content (AvgIpc) is 3.69. The summed E-state index contributed by atoms with van der Waals surface area (Å²) in [5, 5.41) is 29.0. The molecule has 0 radical (unpaired) electrons. The highest BCUT2D eigenvalue weighted by Crippen LogP contribution is 2.36. The summed E-state index contributed by atoms with van der Waals surface area (Å²) in [5.41, 5.74) is 2.18. The van der Waals surface area contributed by atoms with Gasteiger partial charge in [0.05, 0.1) is 56.1 Å². The van der Waals surface area contributed by atoms with Crippen molar-refractivity contribution in [1.29, 1.82) is 0 Å². The van der Waals surface area contributed by atoms with Crippen molar-refractivity contribution < 1.29 is 38.7 Å². The SMILES string of the molecule is C[C@H]1COC[C@H]1OC(=O)N[C@@H](Cc1ccccc1)[C@@H](O)C[C@@](C)(C(=O)N[C@H]1c2ccccc2C[C@H]1O)c1ccc(OCCN2CCOCC2)cc1. The van der Waals surface area contributed by atoms with Gasteiger partial charge in [-0.25, -0.2) is 4.79 Å². The van der Waals surface area contributed by atoms with E-state index in [1.165, 1.54) is 0 Å². The molecular weight excluding hydrogens is 650 g/mol. The number of benzene rings is 3. The number of alkyl carbamates (subject to hydrolysis) is 1. The van der Waals surface area contributed by atoms with Gasteiger partial charge in [-0.2, -0.15) is 0 Å². The summed E-state index contributed by atoms with van der Waals surface area (Å²) in [4.78, 5) is 30.0. The van der Waals surface area contributed by atoms with Crippen molar-refractivity contribution in [2.75, 3.05) is 52.7 Å². The molecule has 4 N–H and O–H groups in total. The summed E-state index contributed by atoms with van der Waals surface area (Å²) in [7, 11) is 0. The van der Waals surface area contributed by atoms with Crippen molar-refractivity contribution in [3.63, 3.8) is 0 Å². The number of morpholine rings is 1. The van der Waals surface area contributed by atoms with Crippen molar-refractivity contribution >= 4 is 12.0 Å². The lowest BCUT2D eigenvalue weighted by molar-refractivity contribution is -0.129. The fourth-order valence-electron chi connectivity index (χ4n) is 7.25. The van der Waals surface area contributed by atoms with Gasteiger partial charge in [-0.3, -0.25) is 9.69 Å². The second-order valence-corrected chi connectivity index (χ2v) is 14.3. The first-order chi connectivity index (χ1) is 24.7. The van der Waals surface area contributed by atoms with Crippen molar-refractivity contribution in [3.8, 4) is 5.75 Å². The number of hydrogen-bond acceptors (Lipinski definition) is 9. The number of rotatable bonds is 14. The monoisotopic (exact) mass is 701 g/mol. The van der Waals surface area contributed by atoms with Crippen LogP contribution in [0.1, 0.15) is 48.6 Å². The Hall–Kier alpha value is -4.00. The Morgan fingerprint density at radius 2 is 1.71 bits per heavy atom. The van der Waals surface area contributed by atoms with Gasteiger partial charge in [-0.15, -0.1) is 0 Å². The molecule has 11 heteroatoms. The topological polar surface area (TPSA) is 139 Å². The van der Waals surface area contributed by atoms with E-state index < -0.39 is 35.8 Å². The zero-order chi connectivity index (χ0) is 35.8. The van der Waals surface area contributed by atoms with Crippen molar-refractivity contribution in [1.82, 2.24) is 15.5 Å². The van der Waals surface area contributed by atoms with Crippen LogP contribution in [0, 0.1) is 5.92 Å². The Kier molecular flexibility index (Phi) is 12.3. The van der Waals surface area contributed by atoms with Crippen LogP contribution < -0.4 is 15.4 Å². The lowest BCUT2D eigenvalue weighted by Gasteiger charge is -2.35. The van der Waals surface area contributed by atoms with Crippen molar-refractivity contribution in [3.05, 3.63) is 101 Å². The Labute approximate surface area is 300 Å². The molecule has 0 aromatic heterocycles. The van der Waals surface area contributed by atoms with Gasteiger partial charge in [0.25, 0.3) is 0 Å². The van der Waals surface area contributed by atoms with Gasteiger partial charge in [0.1, 0.15) is 18.5 Å². The minimum Gasteiger partial charge on any atom is -0.492 e. The quantitative estimate of drug-likeness (QED) is 0.199. The van der Waals surface area contributed by atoms with Crippen LogP contribution in [-0.4, -0.2) is 104 Å². The normalized spacial score (nSPS) is 24.2. The summed E-state index contributed by atoms with van der Waals surface area (Å²) in [5.74, 6) is 0.385. The second-order valence-electron chi connectivity index (χ2n) is 14.3. The Bertz CT molecular complexity index is 1580. The number of carbonyl (C=O) groups is 2. The number of hydrogen-bond donors (Lipinski definition) is 4. The maximum Gasteiger partial charge on any atom is 0.407 e. The molecule has 2 saturated heterocycles. The molecule has 2 aliphatic heterocycles. The Morgan fingerprint density at radius 1 is 0.980 bits per heavy atom. The Balaban J connectivity index is 1.23. The molecular formula is C40H51N3O8. The number of amides is 2. The minimum absolute atomic E-state index is 0.0265. The fourth-order valence-corrected chi connectivity index (χ4v) is 7.25. The van der Waals surface area contributed by atoms with Gasteiger partial charge in [-0.05, 0) is 54.2 Å². The van der Waals surface area contributed by atoms with Crippen LogP contribution in [0.25, 0.3) is 0 Å². The number of carbonyl (C=O) groups excluding carboxylic acids is 2. The van der Waals surface area contributed by atoms with Crippen LogP contribution in [0.3, 0.4) is 0 Å². The van der Waals surface area contributed by atoms with Crippen LogP contribution in [0.2, 0.25) is 0 Å². The molecule has 3 aromatic carbocycles. The molecule has 0 bridgehead atoms. The van der Waals surface area contributed by atoms with E-state index >= 15 is 0 Å². The molecule has 0 unspecified atom stereocenters. The van der Waals surface area contributed by atoms with Gasteiger partial charge < -0.3 is 39.8 Å². The lowest BCUT2D eigenvalue weighted by Crippen LogP contribution is -2.52. The second kappa shape index (κ2) is 17.0. The molecule has 51 heavy (non-hydrogen) atoms. The third-order valence-corrected chi connectivity index (χ3v) is 10.5. The largest absolute Gasteiger partial charge is 0.492 e. The first-order valence-electron chi connectivity index (χ1n) is 18.1. The standard InChI is InChI=1S/C40H51N3O8/c1-27-25-49-26-36(27)51-39(47)41-33(22-28-8-4-3-5-9-28)35(45)24-40(2,38(46)42-37-32-11-7-6-10-29(32)23-34(37)44)30-12-14-31(15-13-30)50-21-18-43-16-19-48-20-17-43/h3-15,27,33-37,44-45H,16-26H2,1-2H3,(H,41,47)(H,42,46)/t27-,33-,34+,35-,36+,37-,40+/m0/s1. The maximum absolute atomic E-state index is 14.5. The van der Waals surface area contributed by atoms with E-state index in [1.54, 1.807) is 6.92 Å². The summed E-state index contributed by atoms with van der Waals surface area (Å²) < 4.78 is 22.7. The van der Waals surface area contributed by atoms with Crippen molar-refractivity contribution in [2.24, 2.45) is 5.92 Å². The third kappa shape index (κ3) is 9.27. The van der Waals surface area contributed by atoms with Gasteiger partial charge in [0, 0.05) is 32.0 Å². The van der Waals surface area contributed by atoms with E-state index in [4.69, 9.17) is 18.9 Å². The van der Waals surface area contributed by atoms with Crippen LogP contribution in [-0.2, 0) is 37.3 Å². The van der Waals surface area contributed by atoms with E-state index in [2.05, 4.69) is 15.5 Å². The van der Waals surface area contributed by atoms with Crippen molar-refractivity contribution in [2.45, 2.75) is 68.9 Å². The van der Waals surface area contributed by atoms with E-state index in [0.29, 0.717) is 44.0 Å². The number of aliphatic hydroxyl groups is 2. The zero-order valence-corrected chi connectivity index (χ0v) is 29.5. The van der Waals surface area contributed by atoms with Crippen LogP contribution in [0.5, 0.6) is 5.75 Å². The molecule has 1 aliphatic carbocycles. The zero-order valence-electron chi connectivity index (χ0n) is 29.5. The highest BCUT2D eigenvalue weighted by molar-refractivity contribution is 5.88. The molecule has 11 nitrogen and oxygen atoms in total. The van der Waals surface area contributed by atoms with Gasteiger partial charge in [0.15, 0.2) is 0 Å². The van der Waals surface area contributed by atoms with Crippen LogP contribution in [0.4, 0.5) is 4.79 Å². The number of aliphatic hydroxyl groups excluding tert-OH is 2. The molecule has 2 amide bonds. The predicted molar refractivity (Wildman–Crippen MR) is 192 cm³/mol. The van der Waals surface area contributed by atoms with Gasteiger partial charge in [0.2, 0.25) is 5.91 Å². The first-order valence-corrected chi connectivity index (χ1v) is 18.1. The molecule has 3 aliphatic rings. The van der Waals surface area contributed by atoms with Gasteiger partial charge in [-0.1, -0.05) is 73.7 Å². The number of nitrogens with zero attached hydrogens (tertiary/aromatic N) is 1. The van der Waals surface area contributed by atoms with E-state index in [-0.39, 0.29) is 24.3 Å². The first kappa shape index (κ1) is 36.8. The number of nitrogens with one attached hydrogen (secondary N) is 2. The fraction of sp³-hybridized carbons (Fsp3) is 0.500. The molecule has 6 rings (SSSR count). The molecule has 0 saturated carbocycles. The minimum atomic E-state index is -1.27. The molecule has 0 spiro atoms. The third-order valence-electron chi connectivity index (χ3n) is 10.5. The summed E-state index contributed by atoms with van der Waals surface area (Å²) in [6.07, 6.45) is -2.24. The number of fused-ring (bicyclic) bond motifs is 1. The van der Waals surface area contributed by atoms with E-state index in [9.17, 15) is 19.8 Å². The molecule has 3 aromatic rings. The lowest BCUT2D eigenvalue weighted by atomic mass is 9.75. The number of ether oxygens (including phenoxy) is 4. The molecule has 2 heterocycles. The summed E-state index contributed by atoms with van der Waals surface area (Å²) in [6, 6.07) is 23.3. The summed E-state index contributed by atoms with van der Waals surface area (Å²) >= 11 is 0. The van der Waals surface area contributed by atoms with E-state index in [0.717, 1.165) is 49.5 Å². The van der Waals surface area contributed by atoms with Crippen LogP contribution in [0.15, 0.2) is 78.9 Å². The smallest absolute Gasteiger partial charge is 0.407 e. The van der Waals surface area contributed by atoms with Crippen LogP contribution >= 0.6 is 0 Å². The Morgan fingerprint density at radius 3 is 2.43 bits per heavy atom. The van der Waals surface area contributed by atoms with Gasteiger partial charge >= 0.3 is 6.09 Å². The summed E-state index contributed by atoms with van der Waals surface area (Å²) in [6.45, 7) is 9.10. The average molecular weight is 702 g/mol. The van der Waals surface area contributed by atoms with E-state index in [1.807, 2.05) is 85.8 Å². The molecule has 274 valence electrons. The maximum atomic E-state index is 14.5. The highest BCUT2D eigenvalue weighted by Gasteiger charge is 2.43.